The highest BCUT2D eigenvalue weighted by Crippen LogP contribution is 2.38. The van der Waals surface area contributed by atoms with Crippen LogP contribution in [0, 0.1) is 11.8 Å². The molecular weight excluding hydrogens is 454 g/mol. The number of hydrogen-bond donors (Lipinski definition) is 1. The van der Waals surface area contributed by atoms with Crippen LogP contribution in [0.2, 0.25) is 0 Å². The third-order valence-electron chi connectivity index (χ3n) is 6.92. The molecule has 0 spiro atoms. The summed E-state index contributed by atoms with van der Waals surface area (Å²) in [5, 5.41) is 4.99. The quantitative estimate of drug-likeness (QED) is 0.197. The molecule has 1 aromatic rings. The van der Waals surface area contributed by atoms with Crippen LogP contribution >= 0.6 is 11.8 Å². The Bertz CT molecular complexity index is 897. The normalized spacial score (nSPS) is 18.2. The Morgan fingerprint density at radius 2 is 1.63 bits per heavy atom. The van der Waals surface area contributed by atoms with Gasteiger partial charge in [-0.25, -0.2) is 0 Å². The molecule has 0 saturated heterocycles. The Balaban J connectivity index is 1.80. The average molecular weight is 498 g/mol. The van der Waals surface area contributed by atoms with Crippen LogP contribution in [0.5, 0.6) is 0 Å². The third-order valence-corrected chi connectivity index (χ3v) is 8.03. The van der Waals surface area contributed by atoms with Crippen LogP contribution in [0.15, 0.2) is 46.7 Å². The van der Waals surface area contributed by atoms with Crippen LogP contribution < -0.4 is 5.32 Å². The zero-order valence-corrected chi connectivity index (χ0v) is 22.7. The van der Waals surface area contributed by atoms with Gasteiger partial charge in [-0.15, -0.1) is 11.8 Å². The molecule has 1 aliphatic rings. The number of Topliss-reactive ketones (excluding diaryl/α,β-unsaturated/α-hetero) is 2. The highest BCUT2D eigenvalue weighted by molar-refractivity contribution is 8.05. The fourth-order valence-corrected chi connectivity index (χ4v) is 5.42. The Hall–Kier alpha value is -2.14. The van der Waals surface area contributed by atoms with Crippen molar-refractivity contribution in [3.63, 3.8) is 0 Å². The molecule has 1 fully saturated rings. The smallest absolute Gasteiger partial charge is 0.251 e. The molecule has 0 radical (unpaired) electrons. The topological polar surface area (TPSA) is 63.2 Å². The van der Waals surface area contributed by atoms with Gasteiger partial charge in [-0.2, -0.15) is 0 Å². The van der Waals surface area contributed by atoms with E-state index in [2.05, 4.69) is 24.9 Å². The van der Waals surface area contributed by atoms with Gasteiger partial charge in [0.15, 0.2) is 0 Å². The number of carbonyl (C=O) groups is 3. The molecule has 0 heterocycles. The summed E-state index contributed by atoms with van der Waals surface area (Å²) in [5.41, 5.74) is 2.76. The number of unbranched alkanes of at least 4 members (excludes halogenated alkanes) is 4. The van der Waals surface area contributed by atoms with Crippen LogP contribution in [0.4, 0.5) is 5.69 Å². The number of carbonyl (C=O) groups excluding carboxylic acids is 3. The fraction of sp³-hybridized carbons (Fsp3) is 0.567. The highest BCUT2D eigenvalue weighted by atomic mass is 32.2. The molecule has 1 N–H and O–H groups in total. The van der Waals surface area contributed by atoms with Crippen molar-refractivity contribution in [2.24, 2.45) is 11.8 Å². The van der Waals surface area contributed by atoms with Crippen molar-refractivity contribution < 1.29 is 14.4 Å². The minimum Gasteiger partial charge on any atom is -0.322 e. The summed E-state index contributed by atoms with van der Waals surface area (Å²) >= 11 is 1.53. The largest absolute Gasteiger partial charge is 0.322 e. The molecule has 35 heavy (non-hydrogen) atoms. The molecule has 5 heteroatoms. The summed E-state index contributed by atoms with van der Waals surface area (Å²) in [4.78, 5) is 37.3. The Kier molecular flexibility index (Phi) is 13.1. The first-order valence-electron chi connectivity index (χ1n) is 13.2. The van der Waals surface area contributed by atoms with E-state index in [0.717, 1.165) is 49.1 Å². The lowest BCUT2D eigenvalue weighted by Gasteiger charge is -2.28. The third kappa shape index (κ3) is 10.6. The molecule has 1 amide bonds. The van der Waals surface area contributed by atoms with Gasteiger partial charge in [0.05, 0.1) is 0 Å². The number of para-hydroxylation sites is 1. The van der Waals surface area contributed by atoms with E-state index >= 15 is 0 Å². The molecule has 1 aromatic carbocycles. The summed E-state index contributed by atoms with van der Waals surface area (Å²) in [6.45, 7) is 9.85. The van der Waals surface area contributed by atoms with Gasteiger partial charge in [0.2, 0.25) is 0 Å². The molecule has 0 aromatic heterocycles. The van der Waals surface area contributed by atoms with Crippen molar-refractivity contribution in [1.29, 1.82) is 0 Å². The monoisotopic (exact) mass is 497 g/mol. The van der Waals surface area contributed by atoms with E-state index in [1.165, 1.54) is 49.9 Å². The lowest BCUT2D eigenvalue weighted by molar-refractivity contribution is -0.126. The second-order valence-electron chi connectivity index (χ2n) is 9.88. The number of aryl methyl sites for hydroxylation is 1. The summed E-state index contributed by atoms with van der Waals surface area (Å²) < 4.78 is 0. The number of allylic oxidation sites excluding steroid dienone is 1. The van der Waals surface area contributed by atoms with Crippen molar-refractivity contribution in [1.82, 2.24) is 0 Å². The maximum Gasteiger partial charge on any atom is 0.251 e. The maximum absolute atomic E-state index is 12.8. The van der Waals surface area contributed by atoms with E-state index in [9.17, 15) is 14.4 Å². The molecule has 4 nitrogen and oxygen atoms in total. The number of thioether (sulfide) groups is 1. The van der Waals surface area contributed by atoms with E-state index in [0.29, 0.717) is 24.3 Å². The highest BCUT2D eigenvalue weighted by Gasteiger charge is 2.27. The second kappa shape index (κ2) is 15.8. The summed E-state index contributed by atoms with van der Waals surface area (Å²) in [5.74, 6) is 0.665. The minimum absolute atomic E-state index is 0.0777. The van der Waals surface area contributed by atoms with Gasteiger partial charge >= 0.3 is 0 Å². The molecule has 0 bridgehead atoms. The van der Waals surface area contributed by atoms with Crippen LogP contribution in [-0.4, -0.2) is 17.5 Å². The number of hydrogen-bond acceptors (Lipinski definition) is 4. The number of benzene rings is 1. The summed E-state index contributed by atoms with van der Waals surface area (Å²) in [7, 11) is 0. The predicted molar refractivity (Wildman–Crippen MR) is 148 cm³/mol. The van der Waals surface area contributed by atoms with Crippen molar-refractivity contribution in [3.05, 3.63) is 52.3 Å². The van der Waals surface area contributed by atoms with Gasteiger partial charge in [0.25, 0.3) is 5.91 Å². The Labute approximate surface area is 216 Å². The number of nitrogens with one attached hydrogen (secondary N) is 1. The van der Waals surface area contributed by atoms with Crippen LogP contribution in [0.3, 0.4) is 0 Å². The van der Waals surface area contributed by atoms with Gasteiger partial charge < -0.3 is 10.1 Å². The lowest BCUT2D eigenvalue weighted by Crippen LogP contribution is -2.22. The minimum atomic E-state index is -0.0801. The van der Waals surface area contributed by atoms with E-state index < -0.39 is 0 Å². The summed E-state index contributed by atoms with van der Waals surface area (Å²) in [6.07, 6.45) is 11.5. The fourth-order valence-electron chi connectivity index (χ4n) is 4.55. The number of amides is 1. The first-order chi connectivity index (χ1) is 16.8. The van der Waals surface area contributed by atoms with Gasteiger partial charge in [-0.1, -0.05) is 57.4 Å². The van der Waals surface area contributed by atoms with Crippen molar-refractivity contribution in [3.8, 4) is 0 Å². The molecule has 0 aliphatic heterocycles. The molecule has 2 rings (SSSR count). The number of ketones is 2. The van der Waals surface area contributed by atoms with E-state index in [1.807, 2.05) is 30.5 Å². The first kappa shape index (κ1) is 29.1. The van der Waals surface area contributed by atoms with Crippen molar-refractivity contribution in [2.45, 2.75) is 97.8 Å². The molecule has 0 unspecified atom stereocenters. The number of anilines is 1. The molecular formula is C30H43NO3S. The van der Waals surface area contributed by atoms with E-state index in [4.69, 9.17) is 0 Å². The number of rotatable bonds is 15. The maximum atomic E-state index is 12.8. The Morgan fingerprint density at radius 1 is 0.971 bits per heavy atom. The van der Waals surface area contributed by atoms with Crippen LogP contribution in [0.25, 0.3) is 0 Å². The Morgan fingerprint density at radius 3 is 2.31 bits per heavy atom. The lowest BCUT2D eigenvalue weighted by atomic mass is 9.79. The molecule has 0 atom stereocenters. The van der Waals surface area contributed by atoms with E-state index in [-0.39, 0.29) is 23.4 Å². The second-order valence-corrected chi connectivity index (χ2v) is 10.9. The van der Waals surface area contributed by atoms with Crippen molar-refractivity contribution in [2.75, 3.05) is 5.32 Å². The van der Waals surface area contributed by atoms with Gasteiger partial charge in [0, 0.05) is 30.0 Å². The van der Waals surface area contributed by atoms with Gasteiger partial charge in [0.1, 0.15) is 11.6 Å². The zero-order valence-electron chi connectivity index (χ0n) is 21.9. The molecule has 1 saturated carbocycles. The van der Waals surface area contributed by atoms with E-state index in [1.54, 1.807) is 0 Å². The average Bonchev–Trinajstić information content (AvgIpc) is 2.86. The van der Waals surface area contributed by atoms with Crippen molar-refractivity contribution >= 4 is 34.9 Å². The summed E-state index contributed by atoms with van der Waals surface area (Å²) in [6, 6.07) is 8.08. The zero-order chi connectivity index (χ0) is 25.6. The standard InChI is InChI=1S/C30H43NO3S/c1-5-6-7-8-9-12-26-13-10-11-14-28(26)31-30(34)22(2)21-35-24(4)25-16-18-27(19-17-25)29(33)20-15-23(3)32/h10-11,13-14,21,25,27H,4-9,12,15-20H2,1-3H3,(H,31,34)/b22-21+. The predicted octanol–water partition coefficient (Wildman–Crippen LogP) is 8.03. The van der Waals surface area contributed by atoms with Crippen LogP contribution in [0.1, 0.15) is 97.0 Å². The SMILES string of the molecule is C=C(S/C=C(\C)C(=O)Nc1ccccc1CCCCCCC)C1CCC(C(=O)CCC(C)=O)CC1. The molecule has 192 valence electrons. The molecule has 1 aliphatic carbocycles. The van der Waals surface area contributed by atoms with Gasteiger partial charge in [-0.05, 0) is 80.2 Å². The first-order valence-corrected chi connectivity index (χ1v) is 14.1. The van der Waals surface area contributed by atoms with Crippen LogP contribution in [-0.2, 0) is 20.8 Å². The van der Waals surface area contributed by atoms with Gasteiger partial charge in [-0.3, -0.25) is 9.59 Å².